The Labute approximate surface area is 84.4 Å². The second kappa shape index (κ2) is 3.13. The number of rotatable bonds is 1. The normalized spacial score (nSPS) is 9.93. The zero-order valence-electron chi connectivity index (χ0n) is 7.15. The van der Waals surface area contributed by atoms with Crippen LogP contribution in [0.25, 0.3) is 10.1 Å². The molecule has 4 heteroatoms. The molecule has 0 aliphatic carbocycles. The van der Waals surface area contributed by atoms with Gasteiger partial charge in [-0.2, -0.15) is 5.26 Å². The summed E-state index contributed by atoms with van der Waals surface area (Å²) in [6.07, 6.45) is 0.779. The van der Waals surface area contributed by atoms with Crippen molar-refractivity contribution in [3.63, 3.8) is 0 Å². The lowest BCUT2D eigenvalue weighted by molar-refractivity contribution is 0.112. The number of hydrogen-bond donors (Lipinski definition) is 1. The van der Waals surface area contributed by atoms with Gasteiger partial charge in [-0.05, 0) is 6.07 Å². The summed E-state index contributed by atoms with van der Waals surface area (Å²) in [6, 6.07) is 7.23. The third-order valence-corrected chi connectivity index (χ3v) is 3.06. The highest BCUT2D eigenvalue weighted by atomic mass is 32.1. The van der Waals surface area contributed by atoms with Gasteiger partial charge < -0.3 is 5.73 Å². The molecule has 0 bridgehead atoms. The second-order valence-corrected chi connectivity index (χ2v) is 3.88. The maximum absolute atomic E-state index is 10.5. The van der Waals surface area contributed by atoms with Crippen LogP contribution in [0.2, 0.25) is 0 Å². The summed E-state index contributed by atoms with van der Waals surface area (Å²) in [5.74, 6) is 0. The van der Waals surface area contributed by atoms with Gasteiger partial charge in [0, 0.05) is 15.6 Å². The van der Waals surface area contributed by atoms with Crippen molar-refractivity contribution >= 4 is 33.4 Å². The molecule has 0 fully saturated rings. The van der Waals surface area contributed by atoms with Crippen LogP contribution in [0.4, 0.5) is 5.69 Å². The summed E-state index contributed by atoms with van der Waals surface area (Å²) in [5, 5.41) is 9.60. The number of carbonyl (C=O) groups is 1. The first-order chi connectivity index (χ1) is 6.76. The molecule has 0 unspecified atom stereocenters. The highest BCUT2D eigenvalue weighted by Gasteiger charge is 2.08. The number of nitrogens with two attached hydrogens (primary N) is 1. The Morgan fingerprint density at radius 3 is 2.93 bits per heavy atom. The molecule has 1 heterocycles. The number of nitrogen functional groups attached to an aromatic ring is 1. The minimum Gasteiger partial charge on any atom is -0.396 e. The number of thiophene rings is 1. The third kappa shape index (κ3) is 1.15. The number of anilines is 1. The van der Waals surface area contributed by atoms with Crippen LogP contribution in [-0.2, 0) is 0 Å². The average molecular weight is 202 g/mol. The van der Waals surface area contributed by atoms with E-state index in [1.165, 1.54) is 11.3 Å². The molecule has 2 N–H and O–H groups in total. The first-order valence-electron chi connectivity index (χ1n) is 3.93. The number of carbonyl (C=O) groups excluding carboxylic acids is 1. The third-order valence-electron chi connectivity index (χ3n) is 1.99. The van der Waals surface area contributed by atoms with Crippen molar-refractivity contribution in [3.05, 3.63) is 28.6 Å². The van der Waals surface area contributed by atoms with E-state index >= 15 is 0 Å². The van der Waals surface area contributed by atoms with Gasteiger partial charge in [-0.25, -0.2) is 0 Å². The van der Waals surface area contributed by atoms with Gasteiger partial charge in [-0.1, -0.05) is 12.1 Å². The maximum Gasteiger partial charge on any atom is 0.150 e. The second-order valence-electron chi connectivity index (χ2n) is 2.83. The number of benzene rings is 1. The van der Waals surface area contributed by atoms with Gasteiger partial charge in [0.05, 0.1) is 5.69 Å². The average Bonchev–Trinajstić information content (AvgIpc) is 2.55. The predicted octanol–water partition coefficient (Wildman–Crippen LogP) is 2.17. The van der Waals surface area contributed by atoms with Crippen LogP contribution in [0.5, 0.6) is 0 Å². The van der Waals surface area contributed by atoms with Crippen molar-refractivity contribution < 1.29 is 4.79 Å². The van der Waals surface area contributed by atoms with E-state index in [-0.39, 0.29) is 0 Å². The monoisotopic (exact) mass is 202 g/mol. The van der Waals surface area contributed by atoms with E-state index < -0.39 is 0 Å². The molecule has 1 aromatic heterocycles. The van der Waals surface area contributed by atoms with E-state index in [1.54, 1.807) is 18.2 Å². The van der Waals surface area contributed by atoms with Gasteiger partial charge in [-0.3, -0.25) is 4.79 Å². The minimum absolute atomic E-state index is 0.503. The molecule has 0 atom stereocenters. The van der Waals surface area contributed by atoms with Crippen molar-refractivity contribution in [1.29, 1.82) is 5.26 Å². The first-order valence-corrected chi connectivity index (χ1v) is 4.75. The van der Waals surface area contributed by atoms with E-state index in [2.05, 4.69) is 0 Å². The summed E-state index contributed by atoms with van der Waals surface area (Å²) < 4.78 is 0.878. The largest absolute Gasteiger partial charge is 0.396 e. The van der Waals surface area contributed by atoms with Gasteiger partial charge in [0.15, 0.2) is 0 Å². The zero-order chi connectivity index (χ0) is 10.1. The lowest BCUT2D eigenvalue weighted by Gasteiger charge is -1.91. The summed E-state index contributed by atoms with van der Waals surface area (Å²) in [5.41, 5.74) is 6.85. The molecular weight excluding hydrogens is 196 g/mol. The smallest absolute Gasteiger partial charge is 0.150 e. The molecule has 2 rings (SSSR count). The molecule has 1 aromatic carbocycles. The Kier molecular flexibility index (Phi) is 1.95. The molecule has 0 amide bonds. The van der Waals surface area contributed by atoms with Crippen molar-refractivity contribution in [2.24, 2.45) is 0 Å². The molecule has 0 saturated heterocycles. The number of aldehydes is 1. The summed E-state index contributed by atoms with van der Waals surface area (Å²) in [6.45, 7) is 0. The molecular formula is C10H6N2OS. The van der Waals surface area contributed by atoms with Gasteiger partial charge in [-0.15, -0.1) is 11.3 Å². The van der Waals surface area contributed by atoms with Crippen LogP contribution in [0.15, 0.2) is 18.2 Å². The highest BCUT2D eigenvalue weighted by Crippen LogP contribution is 2.33. The minimum atomic E-state index is 0.503. The van der Waals surface area contributed by atoms with Gasteiger partial charge in [0.2, 0.25) is 0 Å². The molecule has 0 radical (unpaired) electrons. The Balaban J connectivity index is 2.80. The van der Waals surface area contributed by atoms with Gasteiger partial charge in [0.1, 0.15) is 17.2 Å². The molecule has 68 valence electrons. The highest BCUT2D eigenvalue weighted by molar-refractivity contribution is 7.20. The van der Waals surface area contributed by atoms with Crippen LogP contribution in [0.3, 0.4) is 0 Å². The van der Waals surface area contributed by atoms with E-state index in [9.17, 15) is 4.79 Å². The van der Waals surface area contributed by atoms with Gasteiger partial charge >= 0.3 is 0 Å². The molecule has 0 aliphatic rings. The molecule has 2 aromatic rings. The number of nitriles is 1. The van der Waals surface area contributed by atoms with Crippen molar-refractivity contribution in [3.8, 4) is 6.07 Å². The SMILES string of the molecule is N#Cc1sc2cc(C=O)ccc2c1N. The van der Waals surface area contributed by atoms with Crippen molar-refractivity contribution in [1.82, 2.24) is 0 Å². The predicted molar refractivity (Wildman–Crippen MR) is 56.3 cm³/mol. The zero-order valence-corrected chi connectivity index (χ0v) is 7.97. The number of hydrogen-bond acceptors (Lipinski definition) is 4. The Morgan fingerprint density at radius 1 is 1.50 bits per heavy atom. The molecule has 0 saturated carbocycles. The van der Waals surface area contributed by atoms with Crippen molar-refractivity contribution in [2.75, 3.05) is 5.73 Å². The Hall–Kier alpha value is -1.86. The van der Waals surface area contributed by atoms with Crippen LogP contribution < -0.4 is 5.73 Å². The van der Waals surface area contributed by atoms with Crippen LogP contribution in [0, 0.1) is 11.3 Å². The van der Waals surface area contributed by atoms with Crippen LogP contribution in [0.1, 0.15) is 15.2 Å². The standard InChI is InChI=1S/C10H6N2OS/c11-4-9-10(12)7-2-1-6(5-13)3-8(7)14-9/h1-3,5H,12H2. The lowest BCUT2D eigenvalue weighted by atomic mass is 10.1. The number of nitrogens with zero attached hydrogens (tertiary/aromatic N) is 1. The molecule has 0 aliphatic heterocycles. The Bertz CT molecular complexity index is 551. The molecule has 0 spiro atoms. The summed E-state index contributed by atoms with van der Waals surface area (Å²) in [7, 11) is 0. The maximum atomic E-state index is 10.5. The fraction of sp³-hybridized carbons (Fsp3) is 0. The summed E-state index contributed by atoms with van der Waals surface area (Å²) in [4.78, 5) is 11.0. The fourth-order valence-corrected chi connectivity index (χ4v) is 2.26. The van der Waals surface area contributed by atoms with Crippen molar-refractivity contribution in [2.45, 2.75) is 0 Å². The van der Waals surface area contributed by atoms with Crippen LogP contribution >= 0.6 is 11.3 Å². The first kappa shape index (κ1) is 8.73. The Morgan fingerprint density at radius 2 is 2.29 bits per heavy atom. The quantitative estimate of drug-likeness (QED) is 0.720. The number of fused-ring (bicyclic) bond motifs is 1. The van der Waals surface area contributed by atoms with E-state index in [4.69, 9.17) is 11.0 Å². The fourth-order valence-electron chi connectivity index (χ4n) is 1.29. The van der Waals surface area contributed by atoms with Crippen LogP contribution in [-0.4, -0.2) is 6.29 Å². The molecule has 14 heavy (non-hydrogen) atoms. The lowest BCUT2D eigenvalue weighted by Crippen LogP contribution is -1.84. The van der Waals surface area contributed by atoms with E-state index in [0.717, 1.165) is 16.4 Å². The van der Waals surface area contributed by atoms with Gasteiger partial charge in [0.25, 0.3) is 0 Å². The molecule has 3 nitrogen and oxygen atoms in total. The summed E-state index contributed by atoms with van der Waals surface area (Å²) >= 11 is 1.31. The van der Waals surface area contributed by atoms with E-state index in [0.29, 0.717) is 16.1 Å². The topological polar surface area (TPSA) is 66.9 Å². The van der Waals surface area contributed by atoms with E-state index in [1.807, 2.05) is 6.07 Å².